The van der Waals surface area contributed by atoms with Crippen molar-refractivity contribution in [3.05, 3.63) is 52.7 Å². The fourth-order valence-electron chi connectivity index (χ4n) is 2.29. The topological polar surface area (TPSA) is 97.0 Å². The van der Waals surface area contributed by atoms with Gasteiger partial charge in [0.15, 0.2) is 11.3 Å². The van der Waals surface area contributed by atoms with E-state index in [0.29, 0.717) is 16.7 Å². The molecule has 0 fully saturated rings. The lowest BCUT2D eigenvalue weighted by atomic mass is 10.3. The van der Waals surface area contributed by atoms with Gasteiger partial charge < -0.3 is 18.6 Å². The number of ether oxygens (including phenoxy) is 3. The van der Waals surface area contributed by atoms with Gasteiger partial charge in [0, 0.05) is 11.6 Å². The van der Waals surface area contributed by atoms with Gasteiger partial charge in [-0.15, -0.1) is 0 Å². The first-order valence-corrected chi connectivity index (χ1v) is 7.54. The molecule has 2 aromatic rings. The summed E-state index contributed by atoms with van der Waals surface area (Å²) in [7, 11) is 0. The van der Waals surface area contributed by atoms with Crippen LogP contribution in [0.1, 0.15) is 13.8 Å². The second-order valence-electron chi connectivity index (χ2n) is 5.15. The molecule has 1 atom stereocenters. The molecule has 0 radical (unpaired) electrons. The molecule has 25 heavy (non-hydrogen) atoms. The number of esters is 2. The Morgan fingerprint density at radius 3 is 2.76 bits per heavy atom. The second kappa shape index (κ2) is 6.68. The summed E-state index contributed by atoms with van der Waals surface area (Å²) in [4.78, 5) is 35.8. The molecule has 1 unspecified atom stereocenters. The van der Waals surface area contributed by atoms with E-state index in [-0.39, 0.29) is 12.3 Å². The van der Waals surface area contributed by atoms with E-state index in [0.717, 1.165) is 10.8 Å². The molecule has 1 aromatic heterocycles. The van der Waals surface area contributed by atoms with E-state index in [1.165, 1.54) is 6.08 Å². The van der Waals surface area contributed by atoms with Crippen molar-refractivity contribution < 1.29 is 28.2 Å². The number of nitrogens with zero attached hydrogens (tertiary/aromatic N) is 1. The number of benzene rings is 1. The van der Waals surface area contributed by atoms with Crippen LogP contribution in [0.3, 0.4) is 0 Å². The number of hydrogen-bond donors (Lipinski definition) is 0. The zero-order valence-electron chi connectivity index (χ0n) is 13.6. The van der Waals surface area contributed by atoms with E-state index < -0.39 is 24.0 Å². The number of carbonyl (C=O) groups is 2. The molecule has 0 amide bonds. The number of carbonyl (C=O) groups excluding carboxylic acids is 2. The molecule has 1 aliphatic rings. The minimum Gasteiger partial charge on any atom is -0.461 e. The highest BCUT2D eigenvalue weighted by Crippen LogP contribution is 2.19. The Bertz CT molecular complexity index is 947. The van der Waals surface area contributed by atoms with Crippen molar-refractivity contribution in [1.29, 1.82) is 0 Å². The Morgan fingerprint density at radius 2 is 2.08 bits per heavy atom. The molecule has 2 heterocycles. The van der Waals surface area contributed by atoms with E-state index in [2.05, 4.69) is 0 Å². The Balaban J connectivity index is 2.01. The van der Waals surface area contributed by atoms with Crippen molar-refractivity contribution in [1.82, 2.24) is 4.57 Å². The van der Waals surface area contributed by atoms with Crippen LogP contribution in [0, 0.1) is 0 Å². The van der Waals surface area contributed by atoms with Gasteiger partial charge in [-0.3, -0.25) is 0 Å². The molecule has 0 N–H and O–H groups in total. The van der Waals surface area contributed by atoms with Crippen molar-refractivity contribution in [2.45, 2.75) is 20.1 Å². The van der Waals surface area contributed by atoms with Gasteiger partial charge in [0.2, 0.25) is 0 Å². The minimum atomic E-state index is -0.981. The van der Waals surface area contributed by atoms with Crippen molar-refractivity contribution in [2.75, 3.05) is 6.61 Å². The first kappa shape index (κ1) is 16.6. The van der Waals surface area contributed by atoms with Gasteiger partial charge in [-0.1, -0.05) is 12.1 Å². The van der Waals surface area contributed by atoms with E-state index in [4.69, 9.17) is 18.6 Å². The molecule has 0 spiro atoms. The van der Waals surface area contributed by atoms with E-state index >= 15 is 0 Å². The lowest BCUT2D eigenvalue weighted by Gasteiger charge is -2.11. The van der Waals surface area contributed by atoms with Gasteiger partial charge in [-0.2, -0.15) is 0 Å². The smallest absolute Gasteiger partial charge is 0.424 e. The lowest BCUT2D eigenvalue weighted by molar-refractivity contribution is -0.152. The predicted molar refractivity (Wildman–Crippen MR) is 86.1 cm³/mol. The molecule has 0 aliphatic carbocycles. The summed E-state index contributed by atoms with van der Waals surface area (Å²) in [5.74, 6) is -2.05. The monoisotopic (exact) mass is 345 g/mol. The van der Waals surface area contributed by atoms with Crippen LogP contribution in [0.5, 0.6) is 0 Å². The normalized spacial score (nSPS) is 17.4. The summed E-state index contributed by atoms with van der Waals surface area (Å²) in [6.07, 6.45) is 1.50. The molecular formula is C17H15NO7. The van der Waals surface area contributed by atoms with Crippen LogP contribution in [0.15, 0.2) is 51.4 Å². The molecule has 1 aliphatic heterocycles. The maximum atomic E-state index is 12.3. The second-order valence-corrected chi connectivity index (χ2v) is 5.15. The third kappa shape index (κ3) is 3.18. The fourth-order valence-corrected chi connectivity index (χ4v) is 2.29. The molecule has 0 bridgehead atoms. The maximum Gasteiger partial charge on any atom is 0.424 e. The average Bonchev–Trinajstić information content (AvgIpc) is 3.07. The quantitative estimate of drug-likeness (QED) is 0.463. The van der Waals surface area contributed by atoms with Crippen LogP contribution < -0.4 is 5.76 Å². The number of oxazole rings is 1. The van der Waals surface area contributed by atoms with Crippen LogP contribution in [0.2, 0.25) is 0 Å². The molecule has 0 saturated carbocycles. The van der Waals surface area contributed by atoms with E-state index in [9.17, 15) is 14.4 Å². The van der Waals surface area contributed by atoms with Crippen LogP contribution in [-0.4, -0.2) is 29.4 Å². The number of hydrogen-bond acceptors (Lipinski definition) is 7. The van der Waals surface area contributed by atoms with Crippen molar-refractivity contribution in [3.8, 4) is 0 Å². The first-order valence-electron chi connectivity index (χ1n) is 7.54. The summed E-state index contributed by atoms with van der Waals surface area (Å²) < 4.78 is 21.4. The number of rotatable bonds is 5. The third-order valence-corrected chi connectivity index (χ3v) is 3.46. The minimum absolute atomic E-state index is 0.109. The van der Waals surface area contributed by atoms with Gasteiger partial charge in [-0.25, -0.2) is 19.0 Å². The number of cyclic esters (lactones) is 1. The SMILES string of the molecule is CCOC(=O)/C(=C/OC1C=C(C)C(=O)O1)n1c(=O)oc2ccccc21. The van der Waals surface area contributed by atoms with Gasteiger partial charge in [-0.05, 0) is 26.0 Å². The average molecular weight is 345 g/mol. The number of para-hydroxylation sites is 2. The summed E-state index contributed by atoms with van der Waals surface area (Å²) >= 11 is 0. The predicted octanol–water partition coefficient (Wildman–Crippen LogP) is 1.80. The van der Waals surface area contributed by atoms with Gasteiger partial charge in [0.05, 0.1) is 12.1 Å². The highest BCUT2D eigenvalue weighted by atomic mass is 16.7. The van der Waals surface area contributed by atoms with Crippen LogP contribution in [0.4, 0.5) is 0 Å². The summed E-state index contributed by atoms with van der Waals surface area (Å²) in [6, 6.07) is 6.61. The van der Waals surface area contributed by atoms with Crippen LogP contribution >= 0.6 is 0 Å². The van der Waals surface area contributed by atoms with Crippen molar-refractivity contribution in [3.63, 3.8) is 0 Å². The molecule has 3 rings (SSSR count). The van der Waals surface area contributed by atoms with Crippen LogP contribution in [0.25, 0.3) is 16.8 Å². The number of aromatic nitrogens is 1. The zero-order valence-corrected chi connectivity index (χ0v) is 13.6. The Kier molecular flexibility index (Phi) is 4.42. The number of fused-ring (bicyclic) bond motifs is 1. The summed E-state index contributed by atoms with van der Waals surface area (Å²) in [5.41, 5.74) is 0.893. The fraction of sp³-hybridized carbons (Fsp3) is 0.235. The maximum absolute atomic E-state index is 12.3. The first-order chi connectivity index (χ1) is 12.0. The van der Waals surface area contributed by atoms with Gasteiger partial charge >= 0.3 is 17.7 Å². The third-order valence-electron chi connectivity index (χ3n) is 3.46. The molecule has 130 valence electrons. The molecular weight excluding hydrogens is 330 g/mol. The van der Waals surface area contributed by atoms with Gasteiger partial charge in [0.1, 0.15) is 6.26 Å². The molecule has 1 aromatic carbocycles. The molecule has 8 heteroatoms. The summed E-state index contributed by atoms with van der Waals surface area (Å²) in [6.45, 7) is 3.32. The standard InChI is InChI=1S/C17H15NO7/c1-3-22-16(20)12(9-23-14-8-10(2)15(19)25-14)18-11-6-4-5-7-13(11)24-17(18)21/h4-9,14H,3H2,1-2H3/b12-9-. The van der Waals surface area contributed by atoms with E-state index in [1.807, 2.05) is 0 Å². The Morgan fingerprint density at radius 1 is 1.32 bits per heavy atom. The highest BCUT2D eigenvalue weighted by Gasteiger charge is 2.25. The Labute approximate surface area is 141 Å². The summed E-state index contributed by atoms with van der Waals surface area (Å²) in [5, 5.41) is 0. The van der Waals surface area contributed by atoms with Crippen LogP contribution in [-0.2, 0) is 23.8 Å². The molecule has 8 nitrogen and oxygen atoms in total. The van der Waals surface area contributed by atoms with Crippen molar-refractivity contribution >= 4 is 28.7 Å². The zero-order chi connectivity index (χ0) is 18.0. The Hall–Kier alpha value is -3.29. The highest BCUT2D eigenvalue weighted by molar-refractivity contribution is 6.11. The van der Waals surface area contributed by atoms with E-state index in [1.54, 1.807) is 38.1 Å². The largest absolute Gasteiger partial charge is 0.461 e. The lowest BCUT2D eigenvalue weighted by Crippen LogP contribution is -2.22. The van der Waals surface area contributed by atoms with Gasteiger partial charge in [0.25, 0.3) is 6.29 Å². The molecule has 0 saturated heterocycles. The van der Waals surface area contributed by atoms with Crippen molar-refractivity contribution in [2.24, 2.45) is 0 Å².